The van der Waals surface area contributed by atoms with Crippen LogP contribution in [0.4, 0.5) is 0 Å². The zero-order chi connectivity index (χ0) is 17.7. The van der Waals surface area contributed by atoms with Crippen LogP contribution in [0.15, 0.2) is 0 Å². The second-order valence-corrected chi connectivity index (χ2v) is 9.83. The number of nitrogens with one attached hydrogen (secondary N) is 1. The Morgan fingerprint density at radius 1 is 0.696 bits per heavy atom. The van der Waals surface area contributed by atoms with E-state index in [-0.39, 0.29) is 11.1 Å². The number of piperidine rings is 2. The lowest BCUT2D eigenvalue weighted by atomic mass is 9.74. The van der Waals surface area contributed by atoms with E-state index >= 15 is 0 Å². The maximum absolute atomic E-state index is 4.12. The van der Waals surface area contributed by atoms with Crippen LogP contribution in [0.3, 0.4) is 0 Å². The van der Waals surface area contributed by atoms with Gasteiger partial charge in [-0.3, -0.25) is 9.80 Å². The van der Waals surface area contributed by atoms with Gasteiger partial charge in [0.05, 0.1) is 0 Å². The molecule has 0 aromatic heterocycles. The summed E-state index contributed by atoms with van der Waals surface area (Å²) >= 11 is 0. The molecule has 2 aliphatic rings. The van der Waals surface area contributed by atoms with E-state index in [4.69, 9.17) is 0 Å². The predicted octanol–water partition coefficient (Wildman–Crippen LogP) is 3.59. The van der Waals surface area contributed by atoms with Gasteiger partial charge in [-0.1, -0.05) is 13.8 Å². The Morgan fingerprint density at radius 2 is 1.00 bits per heavy atom. The zero-order valence-electron chi connectivity index (χ0n) is 17.3. The molecule has 3 heteroatoms. The Kier molecular flexibility index (Phi) is 5.27. The average molecular weight is 324 g/mol. The monoisotopic (exact) mass is 323 g/mol. The zero-order valence-corrected chi connectivity index (χ0v) is 17.3. The average Bonchev–Trinajstić information content (AvgIpc) is 2.45. The van der Waals surface area contributed by atoms with Crippen LogP contribution in [0.5, 0.6) is 0 Å². The Hall–Kier alpha value is -0.120. The van der Waals surface area contributed by atoms with Crippen molar-refractivity contribution in [1.82, 2.24) is 15.1 Å². The smallest absolute Gasteiger partial charge is 0.0168 e. The summed E-state index contributed by atoms with van der Waals surface area (Å²) in [5, 5.41) is 4.12. The number of nitrogens with zero attached hydrogens (tertiary/aromatic N) is 2. The first-order valence-electron chi connectivity index (χ1n) is 9.60. The van der Waals surface area contributed by atoms with Crippen molar-refractivity contribution in [3.63, 3.8) is 0 Å². The fourth-order valence-electron chi connectivity index (χ4n) is 4.91. The molecule has 0 aromatic carbocycles. The Bertz CT molecular complexity index is 379. The topological polar surface area (TPSA) is 18.5 Å². The van der Waals surface area contributed by atoms with Crippen molar-refractivity contribution in [3.05, 3.63) is 0 Å². The highest BCUT2D eigenvalue weighted by atomic mass is 15.2. The molecular formula is C20H41N3. The van der Waals surface area contributed by atoms with Crippen LogP contribution in [-0.2, 0) is 0 Å². The van der Waals surface area contributed by atoms with E-state index in [2.05, 4.69) is 84.6 Å². The molecule has 0 aliphatic carbocycles. The molecule has 6 unspecified atom stereocenters. The highest BCUT2D eigenvalue weighted by Gasteiger charge is 2.45. The number of rotatable bonds is 2. The van der Waals surface area contributed by atoms with Crippen molar-refractivity contribution < 1.29 is 0 Å². The third kappa shape index (κ3) is 3.48. The molecule has 2 rings (SSSR count). The second-order valence-electron chi connectivity index (χ2n) is 9.83. The van der Waals surface area contributed by atoms with E-state index < -0.39 is 0 Å². The summed E-state index contributed by atoms with van der Waals surface area (Å²) in [6, 6.07) is 2.50. The number of likely N-dealkylation sites (tertiary alicyclic amines) is 2. The van der Waals surface area contributed by atoms with Gasteiger partial charge in [0.2, 0.25) is 0 Å². The summed E-state index contributed by atoms with van der Waals surface area (Å²) in [6.45, 7) is 19.2. The molecule has 0 spiro atoms. The van der Waals surface area contributed by atoms with Crippen molar-refractivity contribution in [2.75, 3.05) is 14.1 Å². The summed E-state index contributed by atoms with van der Waals surface area (Å²) in [5.74, 6) is 1.39. The van der Waals surface area contributed by atoms with E-state index in [0.29, 0.717) is 36.0 Å². The Labute approximate surface area is 145 Å². The normalized spacial score (nSPS) is 45.1. The van der Waals surface area contributed by atoms with Crippen LogP contribution in [0.1, 0.15) is 68.2 Å². The van der Waals surface area contributed by atoms with Gasteiger partial charge in [-0.15, -0.1) is 0 Å². The van der Waals surface area contributed by atoms with Crippen LogP contribution in [0, 0.1) is 11.8 Å². The quantitative estimate of drug-likeness (QED) is 0.838. The van der Waals surface area contributed by atoms with E-state index in [9.17, 15) is 0 Å². The minimum absolute atomic E-state index is 0.277. The molecule has 2 saturated heterocycles. The Balaban J connectivity index is 2.14. The molecule has 0 bridgehead atoms. The van der Waals surface area contributed by atoms with Crippen molar-refractivity contribution in [2.45, 2.75) is 103 Å². The molecule has 0 amide bonds. The first-order valence-corrected chi connectivity index (χ1v) is 9.60. The van der Waals surface area contributed by atoms with Crippen LogP contribution in [0.2, 0.25) is 0 Å². The molecule has 6 atom stereocenters. The van der Waals surface area contributed by atoms with Crippen molar-refractivity contribution in [3.8, 4) is 0 Å². The molecule has 23 heavy (non-hydrogen) atoms. The van der Waals surface area contributed by atoms with Gasteiger partial charge in [0.15, 0.2) is 0 Å². The van der Waals surface area contributed by atoms with Gasteiger partial charge in [-0.25, -0.2) is 0 Å². The minimum atomic E-state index is 0.277. The summed E-state index contributed by atoms with van der Waals surface area (Å²) in [7, 11) is 4.58. The third-order valence-corrected chi connectivity index (χ3v) is 7.79. The van der Waals surface area contributed by atoms with Gasteiger partial charge in [0.25, 0.3) is 0 Å². The SMILES string of the molecule is CC1C(NC2CC(C)(C)N(C)C(C)C2C)CC(C)(C)N(C)C1C. The standard InChI is InChI=1S/C20H41N3/c1-13-15(3)22(9)19(5,6)11-17(13)21-18-12-20(7,8)23(10)16(4)14(18)2/h13-18,21H,11-12H2,1-10H3. The highest BCUT2D eigenvalue weighted by Crippen LogP contribution is 2.38. The lowest BCUT2D eigenvalue weighted by Crippen LogP contribution is -2.66. The van der Waals surface area contributed by atoms with E-state index in [0.717, 1.165) is 0 Å². The van der Waals surface area contributed by atoms with Gasteiger partial charge in [0, 0.05) is 35.2 Å². The summed E-state index contributed by atoms with van der Waals surface area (Å²) in [4.78, 5) is 5.14. The lowest BCUT2D eigenvalue weighted by Gasteiger charge is -2.55. The molecular weight excluding hydrogens is 282 g/mol. The van der Waals surface area contributed by atoms with Crippen LogP contribution in [-0.4, -0.2) is 59.1 Å². The van der Waals surface area contributed by atoms with Crippen LogP contribution < -0.4 is 5.32 Å². The molecule has 2 aliphatic heterocycles. The fraction of sp³-hybridized carbons (Fsp3) is 1.00. The van der Waals surface area contributed by atoms with Gasteiger partial charge in [-0.2, -0.15) is 0 Å². The molecule has 136 valence electrons. The second kappa shape index (κ2) is 6.31. The molecule has 0 saturated carbocycles. The van der Waals surface area contributed by atoms with Crippen LogP contribution in [0.25, 0.3) is 0 Å². The molecule has 0 radical (unpaired) electrons. The molecule has 3 nitrogen and oxygen atoms in total. The van der Waals surface area contributed by atoms with Crippen molar-refractivity contribution in [1.29, 1.82) is 0 Å². The van der Waals surface area contributed by atoms with Gasteiger partial charge < -0.3 is 5.32 Å². The maximum atomic E-state index is 4.12. The first kappa shape index (κ1) is 19.2. The summed E-state index contributed by atoms with van der Waals surface area (Å²) < 4.78 is 0. The summed E-state index contributed by atoms with van der Waals surface area (Å²) in [6.07, 6.45) is 2.48. The number of hydrogen-bond acceptors (Lipinski definition) is 3. The van der Waals surface area contributed by atoms with Crippen molar-refractivity contribution >= 4 is 0 Å². The minimum Gasteiger partial charge on any atom is -0.310 e. The third-order valence-electron chi connectivity index (χ3n) is 7.79. The number of hydrogen-bond donors (Lipinski definition) is 1. The van der Waals surface area contributed by atoms with E-state index in [1.807, 2.05) is 0 Å². The first-order chi connectivity index (χ1) is 10.4. The predicted molar refractivity (Wildman–Crippen MR) is 101 cm³/mol. The Morgan fingerprint density at radius 3 is 1.30 bits per heavy atom. The van der Waals surface area contributed by atoms with Crippen molar-refractivity contribution in [2.24, 2.45) is 11.8 Å². The lowest BCUT2D eigenvalue weighted by molar-refractivity contribution is -0.0278. The van der Waals surface area contributed by atoms with E-state index in [1.54, 1.807) is 0 Å². The summed E-state index contributed by atoms with van der Waals surface area (Å²) in [5.41, 5.74) is 0.554. The van der Waals surface area contributed by atoms with Gasteiger partial charge in [-0.05, 0) is 80.3 Å². The molecule has 2 heterocycles. The highest BCUT2D eigenvalue weighted by molar-refractivity contribution is 5.03. The maximum Gasteiger partial charge on any atom is 0.0168 e. The van der Waals surface area contributed by atoms with Gasteiger partial charge >= 0.3 is 0 Å². The molecule has 0 aromatic rings. The van der Waals surface area contributed by atoms with Crippen LogP contribution >= 0.6 is 0 Å². The largest absolute Gasteiger partial charge is 0.310 e. The van der Waals surface area contributed by atoms with E-state index in [1.165, 1.54) is 12.8 Å². The fourth-order valence-corrected chi connectivity index (χ4v) is 4.91. The molecule has 2 fully saturated rings. The molecule has 1 N–H and O–H groups in total. The van der Waals surface area contributed by atoms with Gasteiger partial charge in [0.1, 0.15) is 0 Å².